The van der Waals surface area contributed by atoms with Crippen LogP contribution in [0.5, 0.6) is 0 Å². The van der Waals surface area contributed by atoms with Crippen molar-refractivity contribution in [3.05, 3.63) is 0 Å². The van der Waals surface area contributed by atoms with Crippen LogP contribution < -0.4 is 5.32 Å². The van der Waals surface area contributed by atoms with E-state index in [1.54, 1.807) is 0 Å². The fraction of sp³-hybridized carbons (Fsp3) is 0.917. The molecule has 1 amide bonds. The van der Waals surface area contributed by atoms with Crippen LogP contribution in [-0.2, 0) is 4.79 Å². The first-order valence-electron chi connectivity index (χ1n) is 5.72. The predicted molar refractivity (Wildman–Crippen MR) is 62.7 cm³/mol. The second-order valence-corrected chi connectivity index (χ2v) is 6.32. The first-order valence-corrected chi connectivity index (χ1v) is 5.72. The Balaban J connectivity index is 2.73. The molecule has 1 aliphatic rings. The van der Waals surface area contributed by atoms with Gasteiger partial charge in [-0.25, -0.2) is 0 Å². The lowest BCUT2D eigenvalue weighted by Crippen LogP contribution is -2.44. The highest BCUT2D eigenvalue weighted by molar-refractivity contribution is 5.81. The van der Waals surface area contributed by atoms with Crippen LogP contribution in [-0.4, -0.2) is 37.0 Å². The van der Waals surface area contributed by atoms with Crippen molar-refractivity contribution in [2.24, 2.45) is 10.8 Å². The Morgan fingerprint density at radius 3 is 2.47 bits per heavy atom. The highest BCUT2D eigenvalue weighted by Crippen LogP contribution is 2.23. The molecule has 1 fully saturated rings. The molecule has 88 valence electrons. The van der Waals surface area contributed by atoms with E-state index in [1.165, 1.54) is 0 Å². The summed E-state index contributed by atoms with van der Waals surface area (Å²) in [6, 6.07) is 0. The summed E-state index contributed by atoms with van der Waals surface area (Å²) in [6.45, 7) is 14.0. The van der Waals surface area contributed by atoms with Gasteiger partial charge in [-0.15, -0.1) is 0 Å². The molecule has 1 heterocycles. The predicted octanol–water partition coefficient (Wildman–Crippen LogP) is 1.49. The molecule has 15 heavy (non-hydrogen) atoms. The quantitative estimate of drug-likeness (QED) is 0.660. The van der Waals surface area contributed by atoms with E-state index in [4.69, 9.17) is 0 Å². The van der Waals surface area contributed by atoms with Crippen LogP contribution in [0.15, 0.2) is 0 Å². The number of amides is 1. The minimum Gasteiger partial charge on any atom is -0.340 e. The van der Waals surface area contributed by atoms with Gasteiger partial charge in [-0.2, -0.15) is 0 Å². The van der Waals surface area contributed by atoms with Crippen molar-refractivity contribution < 1.29 is 4.79 Å². The lowest BCUT2D eigenvalue weighted by atomic mass is 9.90. The van der Waals surface area contributed by atoms with E-state index in [0.29, 0.717) is 0 Å². The lowest BCUT2D eigenvalue weighted by Gasteiger charge is -2.33. The number of hydrogen-bond acceptors (Lipinski definition) is 2. The number of carbonyl (C=O) groups is 1. The second-order valence-electron chi connectivity index (χ2n) is 6.32. The van der Waals surface area contributed by atoms with Crippen molar-refractivity contribution in [3.63, 3.8) is 0 Å². The molecular formula is C12H24N2O. The van der Waals surface area contributed by atoms with Crippen LogP contribution in [0.4, 0.5) is 0 Å². The number of hydrogen-bond donors (Lipinski definition) is 1. The second kappa shape index (κ2) is 4.12. The van der Waals surface area contributed by atoms with Gasteiger partial charge in [0.2, 0.25) is 5.91 Å². The molecule has 0 saturated carbocycles. The van der Waals surface area contributed by atoms with E-state index < -0.39 is 0 Å². The summed E-state index contributed by atoms with van der Waals surface area (Å²) in [5, 5.41) is 3.38. The normalized spacial score (nSPS) is 22.3. The fourth-order valence-corrected chi connectivity index (χ4v) is 1.94. The summed E-state index contributed by atoms with van der Waals surface area (Å²) in [5.74, 6) is 0.263. The van der Waals surface area contributed by atoms with Crippen molar-refractivity contribution in [1.29, 1.82) is 0 Å². The molecule has 3 nitrogen and oxygen atoms in total. The van der Waals surface area contributed by atoms with Gasteiger partial charge in [-0.05, 0) is 5.41 Å². The Kier molecular flexibility index (Phi) is 3.44. The van der Waals surface area contributed by atoms with Gasteiger partial charge in [0.25, 0.3) is 0 Å². The van der Waals surface area contributed by atoms with Gasteiger partial charge < -0.3 is 10.2 Å². The van der Waals surface area contributed by atoms with E-state index in [-0.39, 0.29) is 16.7 Å². The van der Waals surface area contributed by atoms with Crippen molar-refractivity contribution in [2.75, 3.05) is 26.2 Å². The maximum absolute atomic E-state index is 12.2. The van der Waals surface area contributed by atoms with Crippen molar-refractivity contribution in [1.82, 2.24) is 10.2 Å². The Morgan fingerprint density at radius 1 is 1.33 bits per heavy atom. The Labute approximate surface area is 93.2 Å². The summed E-state index contributed by atoms with van der Waals surface area (Å²) in [5.41, 5.74) is -0.0855. The maximum atomic E-state index is 12.2. The third-order valence-corrected chi connectivity index (χ3v) is 2.71. The monoisotopic (exact) mass is 212 g/mol. The SMILES string of the molecule is CC1(C)CNCCN(C(=O)C(C)(C)C)C1. The molecule has 1 aliphatic heterocycles. The molecular weight excluding hydrogens is 188 g/mol. The zero-order chi connectivity index (χ0) is 11.7. The summed E-state index contributed by atoms with van der Waals surface area (Å²) < 4.78 is 0. The van der Waals surface area contributed by atoms with Gasteiger partial charge in [0, 0.05) is 31.6 Å². The van der Waals surface area contributed by atoms with Gasteiger partial charge in [-0.3, -0.25) is 4.79 Å². The zero-order valence-electron chi connectivity index (χ0n) is 10.7. The summed E-state index contributed by atoms with van der Waals surface area (Å²) in [4.78, 5) is 14.2. The number of rotatable bonds is 0. The average molecular weight is 212 g/mol. The molecule has 0 bridgehead atoms. The molecule has 0 aromatic rings. The van der Waals surface area contributed by atoms with Gasteiger partial charge in [0.1, 0.15) is 0 Å². The summed E-state index contributed by atoms with van der Waals surface area (Å²) in [6.07, 6.45) is 0. The first-order chi connectivity index (χ1) is 6.72. The molecule has 3 heteroatoms. The van der Waals surface area contributed by atoms with E-state index >= 15 is 0 Å². The average Bonchev–Trinajstić information content (AvgIpc) is 2.23. The molecule has 0 atom stereocenters. The summed E-state index contributed by atoms with van der Waals surface area (Å²) in [7, 11) is 0. The summed E-state index contributed by atoms with van der Waals surface area (Å²) >= 11 is 0. The van der Waals surface area contributed by atoms with Crippen LogP contribution in [0.2, 0.25) is 0 Å². The molecule has 0 unspecified atom stereocenters. The standard InChI is InChI=1S/C12H24N2O/c1-11(2,3)10(15)14-7-6-13-8-12(4,5)9-14/h13H,6-9H2,1-5H3. The lowest BCUT2D eigenvalue weighted by molar-refractivity contribution is -0.140. The molecule has 0 aromatic heterocycles. The van der Waals surface area contributed by atoms with E-state index in [0.717, 1.165) is 26.2 Å². The van der Waals surface area contributed by atoms with Crippen LogP contribution >= 0.6 is 0 Å². The largest absolute Gasteiger partial charge is 0.340 e. The Morgan fingerprint density at radius 2 is 1.93 bits per heavy atom. The molecule has 1 N–H and O–H groups in total. The first kappa shape index (κ1) is 12.5. The molecule has 1 rings (SSSR count). The topological polar surface area (TPSA) is 32.3 Å². The highest BCUT2D eigenvalue weighted by Gasteiger charge is 2.32. The number of nitrogens with zero attached hydrogens (tertiary/aromatic N) is 1. The van der Waals surface area contributed by atoms with E-state index in [2.05, 4.69) is 19.2 Å². The number of carbonyl (C=O) groups excluding carboxylic acids is 1. The van der Waals surface area contributed by atoms with Gasteiger partial charge in [-0.1, -0.05) is 34.6 Å². The van der Waals surface area contributed by atoms with Crippen LogP contribution in [0.1, 0.15) is 34.6 Å². The molecule has 0 spiro atoms. The molecule has 0 radical (unpaired) electrons. The van der Waals surface area contributed by atoms with Gasteiger partial charge in [0.15, 0.2) is 0 Å². The molecule has 0 aromatic carbocycles. The highest BCUT2D eigenvalue weighted by atomic mass is 16.2. The zero-order valence-corrected chi connectivity index (χ0v) is 10.7. The van der Waals surface area contributed by atoms with Crippen molar-refractivity contribution in [2.45, 2.75) is 34.6 Å². The van der Waals surface area contributed by atoms with Crippen LogP contribution in [0, 0.1) is 10.8 Å². The molecule has 1 saturated heterocycles. The Bertz CT molecular complexity index is 240. The number of nitrogens with one attached hydrogen (secondary N) is 1. The maximum Gasteiger partial charge on any atom is 0.228 e. The minimum absolute atomic E-state index is 0.178. The van der Waals surface area contributed by atoms with Crippen molar-refractivity contribution >= 4 is 5.91 Å². The third kappa shape index (κ3) is 3.49. The minimum atomic E-state index is -0.263. The third-order valence-electron chi connectivity index (χ3n) is 2.71. The van der Waals surface area contributed by atoms with E-state index in [9.17, 15) is 4.79 Å². The van der Waals surface area contributed by atoms with Gasteiger partial charge in [0.05, 0.1) is 0 Å². The van der Waals surface area contributed by atoms with Crippen molar-refractivity contribution in [3.8, 4) is 0 Å². The van der Waals surface area contributed by atoms with Gasteiger partial charge >= 0.3 is 0 Å². The smallest absolute Gasteiger partial charge is 0.228 e. The molecule has 0 aliphatic carbocycles. The van der Waals surface area contributed by atoms with Crippen LogP contribution in [0.3, 0.4) is 0 Å². The van der Waals surface area contributed by atoms with Crippen LogP contribution in [0.25, 0.3) is 0 Å². The Hall–Kier alpha value is -0.570. The van der Waals surface area contributed by atoms with E-state index in [1.807, 2.05) is 25.7 Å². The fourth-order valence-electron chi connectivity index (χ4n) is 1.94.